The molecule has 0 spiro atoms. The van der Waals surface area contributed by atoms with E-state index in [0.717, 1.165) is 16.6 Å². The van der Waals surface area contributed by atoms with Crippen molar-refractivity contribution in [1.82, 2.24) is 9.97 Å². The van der Waals surface area contributed by atoms with Gasteiger partial charge in [0.2, 0.25) is 0 Å². The van der Waals surface area contributed by atoms with Gasteiger partial charge in [0, 0.05) is 11.8 Å². The topological polar surface area (TPSA) is 74.7 Å². The summed E-state index contributed by atoms with van der Waals surface area (Å²) in [7, 11) is 0. The minimum absolute atomic E-state index is 0.0962. The first-order chi connectivity index (χ1) is 6.70. The summed E-state index contributed by atoms with van der Waals surface area (Å²) >= 11 is 4.12. The van der Waals surface area contributed by atoms with Crippen LogP contribution in [0, 0.1) is 0 Å². The Morgan fingerprint density at radius 2 is 2.07 bits per heavy atom. The van der Waals surface area contributed by atoms with Gasteiger partial charge in [0.15, 0.2) is 0 Å². The molecule has 74 valence electrons. The second-order valence-electron chi connectivity index (χ2n) is 3.17. The van der Waals surface area contributed by atoms with Crippen molar-refractivity contribution in [3.63, 3.8) is 0 Å². The third kappa shape index (κ3) is 1.56. The number of aromatic amines is 2. The number of hydrogen-bond donors (Lipinski definition) is 4. The van der Waals surface area contributed by atoms with Crippen LogP contribution >= 0.6 is 12.6 Å². The molecule has 0 aliphatic heterocycles. The van der Waals surface area contributed by atoms with Crippen LogP contribution in [0.5, 0.6) is 0 Å². The minimum atomic E-state index is -0.198. The van der Waals surface area contributed by atoms with Gasteiger partial charge < -0.3 is 15.7 Å². The molecule has 0 amide bonds. The summed E-state index contributed by atoms with van der Waals surface area (Å²) in [5.74, 6) is 0.583. The molecular formula is C9H11N3OS. The molecule has 0 aliphatic carbocycles. The van der Waals surface area contributed by atoms with Crippen LogP contribution in [0.4, 0.5) is 0 Å². The van der Waals surface area contributed by atoms with E-state index in [1.54, 1.807) is 0 Å². The second kappa shape index (κ2) is 3.51. The maximum atomic E-state index is 11.0. The summed E-state index contributed by atoms with van der Waals surface area (Å²) < 4.78 is 0. The Bertz CT molecular complexity index is 502. The van der Waals surface area contributed by atoms with Crippen molar-refractivity contribution >= 4 is 23.7 Å². The molecule has 4 nitrogen and oxygen atoms in total. The molecule has 4 N–H and O–H groups in total. The van der Waals surface area contributed by atoms with Gasteiger partial charge in [-0.15, -0.1) is 0 Å². The van der Waals surface area contributed by atoms with E-state index < -0.39 is 0 Å². The molecule has 0 saturated heterocycles. The molecule has 0 aliphatic rings. The normalized spacial score (nSPS) is 13.3. The van der Waals surface area contributed by atoms with Gasteiger partial charge in [0.05, 0.1) is 11.0 Å². The van der Waals surface area contributed by atoms with E-state index in [1.165, 1.54) is 0 Å². The summed E-state index contributed by atoms with van der Waals surface area (Å²) in [6.07, 6.45) is 0. The first-order valence-electron chi connectivity index (χ1n) is 4.29. The lowest BCUT2D eigenvalue weighted by molar-refractivity contribution is 0.836. The van der Waals surface area contributed by atoms with Gasteiger partial charge in [-0.2, -0.15) is 12.6 Å². The quantitative estimate of drug-likeness (QED) is 0.552. The summed E-state index contributed by atoms with van der Waals surface area (Å²) in [6, 6.07) is 5.51. The highest BCUT2D eigenvalue weighted by molar-refractivity contribution is 7.80. The number of nitrogens with two attached hydrogens (primary N) is 1. The highest BCUT2D eigenvalue weighted by Gasteiger charge is 2.05. The van der Waals surface area contributed by atoms with Gasteiger partial charge in [-0.25, -0.2) is 4.79 Å². The Kier molecular flexibility index (Phi) is 2.35. The fourth-order valence-corrected chi connectivity index (χ4v) is 1.60. The zero-order chi connectivity index (χ0) is 10.1. The van der Waals surface area contributed by atoms with E-state index in [0.29, 0.717) is 5.75 Å². The average molecular weight is 209 g/mol. The van der Waals surface area contributed by atoms with Crippen LogP contribution in [0.25, 0.3) is 11.0 Å². The Labute approximate surface area is 85.9 Å². The summed E-state index contributed by atoms with van der Waals surface area (Å²) in [4.78, 5) is 16.3. The monoisotopic (exact) mass is 209 g/mol. The number of aromatic nitrogens is 2. The second-order valence-corrected chi connectivity index (χ2v) is 3.54. The third-order valence-corrected chi connectivity index (χ3v) is 2.56. The van der Waals surface area contributed by atoms with Gasteiger partial charge in [-0.1, -0.05) is 6.07 Å². The van der Waals surface area contributed by atoms with E-state index in [4.69, 9.17) is 5.73 Å². The Hall–Kier alpha value is -1.20. The SMILES string of the molecule is NC(CS)c1ccc2[nH]c(=O)[nH]c2c1. The van der Waals surface area contributed by atoms with Crippen LogP contribution in [0.1, 0.15) is 11.6 Å². The van der Waals surface area contributed by atoms with Crippen LogP contribution in [-0.2, 0) is 0 Å². The maximum absolute atomic E-state index is 11.0. The lowest BCUT2D eigenvalue weighted by Crippen LogP contribution is -2.11. The highest BCUT2D eigenvalue weighted by Crippen LogP contribution is 2.16. The van der Waals surface area contributed by atoms with Crippen molar-refractivity contribution in [1.29, 1.82) is 0 Å². The van der Waals surface area contributed by atoms with E-state index in [9.17, 15) is 4.79 Å². The molecule has 0 saturated carbocycles. The predicted molar refractivity (Wildman–Crippen MR) is 59.7 cm³/mol. The van der Waals surface area contributed by atoms with Crippen molar-refractivity contribution in [2.24, 2.45) is 5.73 Å². The number of nitrogens with one attached hydrogen (secondary N) is 2. The highest BCUT2D eigenvalue weighted by atomic mass is 32.1. The minimum Gasteiger partial charge on any atom is -0.323 e. The fourth-order valence-electron chi connectivity index (χ4n) is 1.39. The molecule has 1 heterocycles. The van der Waals surface area contributed by atoms with E-state index in [-0.39, 0.29) is 11.7 Å². The standard InChI is InChI=1S/C9H11N3OS/c10-6(4-14)5-1-2-7-8(3-5)12-9(13)11-7/h1-3,6,14H,4,10H2,(H2,11,12,13). The fraction of sp³-hybridized carbons (Fsp3) is 0.222. The lowest BCUT2D eigenvalue weighted by Gasteiger charge is -2.07. The predicted octanol–water partition coefficient (Wildman–Crippen LogP) is 0.786. The molecule has 1 aromatic heterocycles. The van der Waals surface area contributed by atoms with Crippen molar-refractivity contribution in [2.45, 2.75) is 6.04 Å². The summed E-state index contributed by atoms with van der Waals surface area (Å²) in [5.41, 5.74) is 8.17. The van der Waals surface area contributed by atoms with Crippen molar-refractivity contribution < 1.29 is 0 Å². The van der Waals surface area contributed by atoms with Crippen LogP contribution in [0.3, 0.4) is 0 Å². The number of rotatable bonds is 2. The largest absolute Gasteiger partial charge is 0.323 e. The molecule has 1 atom stereocenters. The van der Waals surface area contributed by atoms with Gasteiger partial charge in [0.25, 0.3) is 0 Å². The van der Waals surface area contributed by atoms with Gasteiger partial charge in [0.1, 0.15) is 0 Å². The molecule has 2 rings (SSSR count). The lowest BCUT2D eigenvalue weighted by atomic mass is 10.1. The first kappa shape index (κ1) is 9.36. The molecule has 5 heteroatoms. The van der Waals surface area contributed by atoms with Gasteiger partial charge in [-0.05, 0) is 17.7 Å². The van der Waals surface area contributed by atoms with Gasteiger partial charge >= 0.3 is 5.69 Å². The van der Waals surface area contributed by atoms with Crippen LogP contribution in [0.15, 0.2) is 23.0 Å². The number of thiol groups is 1. The molecule has 0 radical (unpaired) electrons. The number of H-pyrrole nitrogens is 2. The van der Waals surface area contributed by atoms with E-state index >= 15 is 0 Å². The van der Waals surface area contributed by atoms with Crippen LogP contribution in [-0.4, -0.2) is 15.7 Å². The number of hydrogen-bond acceptors (Lipinski definition) is 3. The Morgan fingerprint density at radius 1 is 1.36 bits per heavy atom. The summed E-state index contributed by atoms with van der Waals surface area (Å²) in [6.45, 7) is 0. The first-order valence-corrected chi connectivity index (χ1v) is 4.92. The number of imidazole rings is 1. The summed E-state index contributed by atoms with van der Waals surface area (Å²) in [5, 5.41) is 0. The van der Waals surface area contributed by atoms with Crippen molar-refractivity contribution in [3.05, 3.63) is 34.2 Å². The molecule has 0 fully saturated rings. The Morgan fingerprint density at radius 3 is 2.79 bits per heavy atom. The maximum Gasteiger partial charge on any atom is 0.323 e. The zero-order valence-electron chi connectivity index (χ0n) is 7.45. The van der Waals surface area contributed by atoms with Crippen LogP contribution in [0.2, 0.25) is 0 Å². The Balaban J connectivity index is 2.55. The number of fused-ring (bicyclic) bond motifs is 1. The molecule has 2 aromatic rings. The van der Waals surface area contributed by atoms with E-state index in [1.807, 2.05) is 18.2 Å². The molecule has 0 bridgehead atoms. The van der Waals surface area contributed by atoms with Gasteiger partial charge in [-0.3, -0.25) is 0 Å². The molecule has 1 aromatic carbocycles. The van der Waals surface area contributed by atoms with Crippen molar-refractivity contribution in [2.75, 3.05) is 5.75 Å². The molecule has 1 unspecified atom stereocenters. The van der Waals surface area contributed by atoms with Crippen LogP contribution < -0.4 is 11.4 Å². The zero-order valence-corrected chi connectivity index (χ0v) is 8.34. The molecule has 14 heavy (non-hydrogen) atoms. The number of benzene rings is 1. The van der Waals surface area contributed by atoms with E-state index in [2.05, 4.69) is 22.6 Å². The smallest absolute Gasteiger partial charge is 0.323 e. The average Bonchev–Trinajstić information content (AvgIpc) is 2.55. The molecular weight excluding hydrogens is 198 g/mol. The third-order valence-electron chi connectivity index (χ3n) is 2.16. The van der Waals surface area contributed by atoms with Crippen molar-refractivity contribution in [3.8, 4) is 0 Å².